The number of hydrogen-bond acceptors (Lipinski definition) is 4. The summed E-state index contributed by atoms with van der Waals surface area (Å²) in [5.74, 6) is 1.25. The number of para-hydroxylation sites is 1. The van der Waals surface area contributed by atoms with Crippen molar-refractivity contribution in [2.24, 2.45) is 4.99 Å². The van der Waals surface area contributed by atoms with Gasteiger partial charge in [-0.15, -0.1) is 0 Å². The number of aryl methyl sites for hydroxylation is 1. The zero-order chi connectivity index (χ0) is 19.6. The molecular weight excluding hydrogens is 340 g/mol. The van der Waals surface area contributed by atoms with Gasteiger partial charge in [-0.1, -0.05) is 18.2 Å². The Kier molecular flexibility index (Phi) is 5.22. The van der Waals surface area contributed by atoms with Crippen molar-refractivity contribution in [1.29, 1.82) is 0 Å². The summed E-state index contributed by atoms with van der Waals surface area (Å²) in [6, 6.07) is 11.7. The van der Waals surface area contributed by atoms with Gasteiger partial charge in [0.15, 0.2) is 11.5 Å². The molecule has 142 valence electrons. The summed E-state index contributed by atoms with van der Waals surface area (Å²) in [5.41, 5.74) is 4.42. The van der Waals surface area contributed by atoms with Gasteiger partial charge in [0.05, 0.1) is 31.9 Å². The number of nitrogens with zero attached hydrogens (tertiary/aromatic N) is 1. The molecule has 0 spiro atoms. The Morgan fingerprint density at radius 3 is 2.48 bits per heavy atom. The number of nitrogens with one attached hydrogen (secondary N) is 1. The van der Waals surface area contributed by atoms with E-state index in [9.17, 15) is 4.79 Å². The van der Waals surface area contributed by atoms with Crippen LogP contribution >= 0.6 is 0 Å². The Hall–Kier alpha value is -2.82. The van der Waals surface area contributed by atoms with Gasteiger partial charge in [-0.3, -0.25) is 9.79 Å². The van der Waals surface area contributed by atoms with Gasteiger partial charge in [-0.2, -0.15) is 0 Å². The second-order valence-corrected chi connectivity index (χ2v) is 7.45. The average Bonchev–Trinajstić information content (AvgIpc) is 2.61. The van der Waals surface area contributed by atoms with Crippen molar-refractivity contribution in [3.8, 4) is 11.5 Å². The number of fused-ring (bicyclic) bond motifs is 1. The molecule has 0 radical (unpaired) electrons. The number of hydrogen-bond donors (Lipinski definition) is 1. The van der Waals surface area contributed by atoms with Gasteiger partial charge < -0.3 is 14.8 Å². The van der Waals surface area contributed by atoms with E-state index in [1.807, 2.05) is 43.3 Å². The maximum atomic E-state index is 12.7. The van der Waals surface area contributed by atoms with Crippen LogP contribution in [0.5, 0.6) is 11.5 Å². The fourth-order valence-corrected chi connectivity index (χ4v) is 3.46. The molecule has 1 amide bonds. The van der Waals surface area contributed by atoms with Gasteiger partial charge in [0, 0.05) is 11.3 Å². The lowest BCUT2D eigenvalue weighted by Crippen LogP contribution is -2.31. The molecule has 0 bridgehead atoms. The smallest absolute Gasteiger partial charge is 0.230 e. The highest BCUT2D eigenvalue weighted by Crippen LogP contribution is 2.36. The molecule has 0 aromatic heterocycles. The molecule has 5 nitrogen and oxygen atoms in total. The first-order valence-corrected chi connectivity index (χ1v) is 9.02. The summed E-state index contributed by atoms with van der Waals surface area (Å²) in [6.07, 6.45) is 0.992. The van der Waals surface area contributed by atoms with Crippen LogP contribution < -0.4 is 14.8 Å². The second-order valence-electron chi connectivity index (χ2n) is 7.45. The SMILES string of the molecule is COc1cc2c(cc1OC)C(CC(=O)Nc1ccccc1C)=NC(C)(C)C2. The van der Waals surface area contributed by atoms with Crippen molar-refractivity contribution < 1.29 is 14.3 Å². The zero-order valence-electron chi connectivity index (χ0n) is 16.6. The summed E-state index contributed by atoms with van der Waals surface area (Å²) in [6.45, 7) is 6.13. The maximum Gasteiger partial charge on any atom is 0.230 e. The highest BCUT2D eigenvalue weighted by molar-refractivity contribution is 6.15. The summed E-state index contributed by atoms with van der Waals surface area (Å²) in [7, 11) is 3.24. The lowest BCUT2D eigenvalue weighted by atomic mass is 9.85. The third kappa shape index (κ3) is 4.13. The van der Waals surface area contributed by atoms with Crippen LogP contribution in [0, 0.1) is 6.92 Å². The van der Waals surface area contributed by atoms with Gasteiger partial charge in [-0.25, -0.2) is 0 Å². The molecule has 0 aliphatic carbocycles. The molecule has 5 heteroatoms. The number of carbonyl (C=O) groups is 1. The minimum atomic E-state index is -0.273. The second kappa shape index (κ2) is 7.43. The average molecular weight is 366 g/mol. The quantitative estimate of drug-likeness (QED) is 0.864. The molecule has 3 rings (SSSR count). The van der Waals surface area contributed by atoms with Gasteiger partial charge in [0.25, 0.3) is 0 Å². The number of ether oxygens (including phenoxy) is 2. The third-order valence-electron chi connectivity index (χ3n) is 4.73. The van der Waals surface area contributed by atoms with Crippen LogP contribution in [0.1, 0.15) is 37.0 Å². The van der Waals surface area contributed by atoms with Gasteiger partial charge in [-0.05, 0) is 56.5 Å². The standard InChI is InChI=1S/C22H26N2O3/c1-14-8-6-7-9-17(14)23-21(25)12-18-16-11-20(27-5)19(26-4)10-15(16)13-22(2,3)24-18/h6-11H,12-13H2,1-5H3,(H,23,25). The topological polar surface area (TPSA) is 59.9 Å². The summed E-state index contributed by atoms with van der Waals surface area (Å²) < 4.78 is 10.9. The van der Waals surface area contributed by atoms with Crippen LogP contribution in [0.2, 0.25) is 0 Å². The fourth-order valence-electron chi connectivity index (χ4n) is 3.46. The third-order valence-corrected chi connectivity index (χ3v) is 4.73. The largest absolute Gasteiger partial charge is 0.493 e. The molecule has 2 aromatic carbocycles. The predicted molar refractivity (Wildman–Crippen MR) is 108 cm³/mol. The van der Waals surface area contributed by atoms with E-state index in [0.717, 1.165) is 34.5 Å². The van der Waals surface area contributed by atoms with Crippen molar-refractivity contribution in [3.05, 3.63) is 53.1 Å². The number of carbonyl (C=O) groups excluding carboxylic acids is 1. The predicted octanol–water partition coefficient (Wildman–Crippen LogP) is 4.16. The number of benzene rings is 2. The van der Waals surface area contributed by atoms with E-state index in [0.29, 0.717) is 11.5 Å². The monoisotopic (exact) mass is 366 g/mol. The number of aliphatic imine (C=N–C) groups is 1. The molecule has 1 N–H and O–H groups in total. The van der Waals surface area contributed by atoms with E-state index >= 15 is 0 Å². The molecule has 27 heavy (non-hydrogen) atoms. The van der Waals surface area contributed by atoms with E-state index in [2.05, 4.69) is 19.2 Å². The molecular formula is C22H26N2O3. The number of methoxy groups -OCH3 is 2. The summed E-state index contributed by atoms with van der Waals surface area (Å²) in [5, 5.41) is 2.99. The van der Waals surface area contributed by atoms with Crippen LogP contribution in [0.15, 0.2) is 41.4 Å². The molecule has 2 aromatic rings. The van der Waals surface area contributed by atoms with Crippen molar-refractivity contribution in [2.45, 2.75) is 39.2 Å². The molecule has 0 saturated heterocycles. The molecule has 1 aliphatic rings. The van der Waals surface area contributed by atoms with Crippen LogP contribution in [0.3, 0.4) is 0 Å². The van der Waals surface area contributed by atoms with Crippen LogP contribution in [-0.2, 0) is 11.2 Å². The van der Waals surface area contributed by atoms with E-state index in [4.69, 9.17) is 14.5 Å². The number of anilines is 1. The molecule has 0 saturated carbocycles. The van der Waals surface area contributed by atoms with E-state index in [1.54, 1.807) is 14.2 Å². The van der Waals surface area contributed by atoms with Crippen LogP contribution in [0.4, 0.5) is 5.69 Å². The Morgan fingerprint density at radius 2 is 1.81 bits per heavy atom. The minimum absolute atomic E-state index is 0.0820. The van der Waals surface area contributed by atoms with E-state index in [1.165, 1.54) is 0 Å². The Labute approximate surface area is 160 Å². The number of amides is 1. The first-order valence-electron chi connectivity index (χ1n) is 9.02. The lowest BCUT2D eigenvalue weighted by Gasteiger charge is -2.29. The first kappa shape index (κ1) is 19.0. The van der Waals surface area contributed by atoms with Crippen molar-refractivity contribution in [1.82, 2.24) is 0 Å². The molecule has 1 aliphatic heterocycles. The molecule has 1 heterocycles. The molecule has 0 fully saturated rings. The van der Waals surface area contributed by atoms with Crippen LogP contribution in [0.25, 0.3) is 0 Å². The highest BCUT2D eigenvalue weighted by atomic mass is 16.5. The number of rotatable bonds is 5. The normalized spacial score (nSPS) is 14.8. The van der Waals surface area contributed by atoms with Gasteiger partial charge >= 0.3 is 0 Å². The van der Waals surface area contributed by atoms with Crippen molar-refractivity contribution >= 4 is 17.3 Å². The first-order chi connectivity index (χ1) is 12.8. The Balaban J connectivity index is 1.91. The van der Waals surface area contributed by atoms with Crippen LogP contribution in [-0.4, -0.2) is 31.4 Å². The molecule has 0 unspecified atom stereocenters. The highest BCUT2D eigenvalue weighted by Gasteiger charge is 2.29. The summed E-state index contributed by atoms with van der Waals surface area (Å²) in [4.78, 5) is 17.5. The molecule has 0 atom stereocenters. The Bertz CT molecular complexity index is 900. The van der Waals surface area contributed by atoms with Crippen molar-refractivity contribution in [2.75, 3.05) is 19.5 Å². The van der Waals surface area contributed by atoms with Crippen molar-refractivity contribution in [3.63, 3.8) is 0 Å². The van der Waals surface area contributed by atoms with Gasteiger partial charge in [0.1, 0.15) is 0 Å². The zero-order valence-corrected chi connectivity index (χ0v) is 16.6. The maximum absolute atomic E-state index is 12.7. The fraction of sp³-hybridized carbons (Fsp3) is 0.364. The lowest BCUT2D eigenvalue weighted by molar-refractivity contribution is -0.115. The Morgan fingerprint density at radius 1 is 1.15 bits per heavy atom. The summed E-state index contributed by atoms with van der Waals surface area (Å²) >= 11 is 0. The van der Waals surface area contributed by atoms with E-state index < -0.39 is 0 Å². The van der Waals surface area contributed by atoms with E-state index in [-0.39, 0.29) is 17.9 Å². The van der Waals surface area contributed by atoms with Gasteiger partial charge in [0.2, 0.25) is 5.91 Å². The minimum Gasteiger partial charge on any atom is -0.493 e.